The van der Waals surface area contributed by atoms with Crippen LogP contribution in [0.2, 0.25) is 0 Å². The molecule has 0 saturated carbocycles. The summed E-state index contributed by atoms with van der Waals surface area (Å²) in [6.45, 7) is 0. The summed E-state index contributed by atoms with van der Waals surface area (Å²) < 4.78 is 6.53. The monoisotopic (exact) mass is 664 g/mol. The van der Waals surface area contributed by atoms with Crippen LogP contribution in [0.4, 0.5) is 0 Å². The molecule has 1 unspecified atom stereocenters. The number of para-hydroxylation sites is 1. The summed E-state index contributed by atoms with van der Waals surface area (Å²) in [5.74, 6) is 3.31. The smallest absolute Gasteiger partial charge is 0.164 e. The maximum atomic E-state index is 10.0. The van der Waals surface area contributed by atoms with E-state index in [9.17, 15) is 5.26 Å². The summed E-state index contributed by atoms with van der Waals surface area (Å²) in [7, 11) is 0. The van der Waals surface area contributed by atoms with E-state index < -0.39 is 5.41 Å². The molecule has 0 saturated heterocycles. The quantitative estimate of drug-likeness (QED) is 0.187. The van der Waals surface area contributed by atoms with Gasteiger partial charge in [0, 0.05) is 27.8 Å². The highest BCUT2D eigenvalue weighted by atomic mass is 16.5. The van der Waals surface area contributed by atoms with Gasteiger partial charge in [-0.1, -0.05) is 140 Å². The molecule has 1 spiro atoms. The van der Waals surface area contributed by atoms with E-state index in [1.54, 1.807) is 0 Å². The molecule has 0 amide bonds. The molecule has 242 valence electrons. The minimum atomic E-state index is -0.732. The first kappa shape index (κ1) is 29.7. The van der Waals surface area contributed by atoms with Crippen molar-refractivity contribution in [2.24, 2.45) is 0 Å². The summed E-state index contributed by atoms with van der Waals surface area (Å²) in [5, 5.41) is 10.0. The number of ether oxygens (including phenoxy) is 1. The van der Waals surface area contributed by atoms with E-state index in [-0.39, 0.29) is 0 Å². The van der Waals surface area contributed by atoms with Crippen molar-refractivity contribution in [2.45, 2.75) is 5.41 Å². The second-order valence-corrected chi connectivity index (χ2v) is 13.1. The van der Waals surface area contributed by atoms with Gasteiger partial charge >= 0.3 is 0 Å². The highest BCUT2D eigenvalue weighted by Gasteiger charge is 2.51. The van der Waals surface area contributed by atoms with E-state index in [1.807, 2.05) is 78.9 Å². The normalized spacial score (nSPS) is 14.8. The molecule has 0 bridgehead atoms. The van der Waals surface area contributed by atoms with Gasteiger partial charge in [-0.05, 0) is 63.7 Å². The van der Waals surface area contributed by atoms with Gasteiger partial charge in [-0.25, -0.2) is 15.0 Å². The maximum absolute atomic E-state index is 10.0. The summed E-state index contributed by atoms with van der Waals surface area (Å²) in [6.07, 6.45) is 0. The largest absolute Gasteiger partial charge is 0.457 e. The molecule has 0 N–H and O–H groups in total. The number of nitrogens with zero attached hydrogens (tertiary/aromatic N) is 4. The molecule has 1 aliphatic carbocycles. The molecule has 52 heavy (non-hydrogen) atoms. The number of rotatable bonds is 4. The summed E-state index contributed by atoms with van der Waals surface area (Å²) in [4.78, 5) is 15.2. The average molecular weight is 665 g/mol. The lowest BCUT2D eigenvalue weighted by Crippen LogP contribution is -2.32. The third-order valence-corrected chi connectivity index (χ3v) is 10.2. The highest BCUT2D eigenvalue weighted by molar-refractivity contribution is 5.90. The Morgan fingerprint density at radius 2 is 0.923 bits per heavy atom. The lowest BCUT2D eigenvalue weighted by molar-refractivity contribution is 0.436. The van der Waals surface area contributed by atoms with Crippen molar-refractivity contribution < 1.29 is 4.74 Å². The van der Waals surface area contributed by atoms with E-state index >= 15 is 0 Å². The van der Waals surface area contributed by atoms with Crippen LogP contribution in [0.3, 0.4) is 0 Å². The Balaban J connectivity index is 1.20. The van der Waals surface area contributed by atoms with Gasteiger partial charge < -0.3 is 4.74 Å². The Labute approximate surface area is 301 Å². The number of benzene rings is 7. The first-order valence-corrected chi connectivity index (χ1v) is 17.2. The van der Waals surface area contributed by atoms with Crippen LogP contribution in [0, 0.1) is 11.3 Å². The van der Waals surface area contributed by atoms with Gasteiger partial charge in [-0.15, -0.1) is 0 Å². The zero-order valence-corrected chi connectivity index (χ0v) is 27.9. The molecule has 2 heterocycles. The van der Waals surface area contributed by atoms with E-state index in [4.69, 9.17) is 19.7 Å². The second kappa shape index (κ2) is 11.7. The summed E-state index contributed by atoms with van der Waals surface area (Å²) in [5.41, 5.74) is 11.3. The van der Waals surface area contributed by atoms with E-state index in [0.717, 1.165) is 72.7 Å². The Hall–Kier alpha value is -7.16. The molecule has 5 heteroatoms. The lowest BCUT2D eigenvalue weighted by atomic mass is 9.65. The van der Waals surface area contributed by atoms with Gasteiger partial charge in [0.15, 0.2) is 17.5 Å². The van der Waals surface area contributed by atoms with Crippen LogP contribution in [-0.4, -0.2) is 15.0 Å². The third kappa shape index (κ3) is 4.52. The first-order chi connectivity index (χ1) is 25.7. The van der Waals surface area contributed by atoms with Crippen LogP contribution < -0.4 is 4.74 Å². The molecular formula is C47H28N4O. The Morgan fingerprint density at radius 1 is 0.404 bits per heavy atom. The zero-order valence-electron chi connectivity index (χ0n) is 27.9. The van der Waals surface area contributed by atoms with Crippen LogP contribution >= 0.6 is 0 Å². The van der Waals surface area contributed by atoms with Gasteiger partial charge in [0.1, 0.15) is 11.5 Å². The van der Waals surface area contributed by atoms with Crippen LogP contribution in [0.1, 0.15) is 27.8 Å². The minimum absolute atomic E-state index is 0.580. The molecule has 1 atom stereocenters. The molecule has 1 aliphatic heterocycles. The van der Waals surface area contributed by atoms with Crippen molar-refractivity contribution >= 4 is 0 Å². The topological polar surface area (TPSA) is 71.7 Å². The minimum Gasteiger partial charge on any atom is -0.457 e. The summed E-state index contributed by atoms with van der Waals surface area (Å²) >= 11 is 0. The van der Waals surface area contributed by atoms with Crippen molar-refractivity contribution in [1.82, 2.24) is 15.0 Å². The number of fused-ring (bicyclic) bond motifs is 9. The average Bonchev–Trinajstić information content (AvgIpc) is 3.51. The lowest BCUT2D eigenvalue weighted by Gasteiger charge is -2.39. The third-order valence-electron chi connectivity index (χ3n) is 10.2. The van der Waals surface area contributed by atoms with Gasteiger partial charge in [0.2, 0.25) is 0 Å². The molecule has 5 nitrogen and oxygen atoms in total. The predicted molar refractivity (Wildman–Crippen MR) is 204 cm³/mol. The van der Waals surface area contributed by atoms with Crippen molar-refractivity contribution in [3.05, 3.63) is 198 Å². The molecule has 8 aromatic rings. The fourth-order valence-corrected chi connectivity index (χ4v) is 7.90. The van der Waals surface area contributed by atoms with Crippen molar-refractivity contribution in [3.8, 4) is 74.0 Å². The van der Waals surface area contributed by atoms with Gasteiger partial charge in [-0.3, -0.25) is 0 Å². The standard InChI is InChI=1S/C47H28N4O/c48-29-30-19-26-43-41(27-30)47(39-17-9-10-18-42(39)52-43)38-16-8-7-15-36(38)37-25-24-35(28-40(37)47)46-50-44(33-13-5-2-6-14-33)49-45(51-46)34-22-20-32(21-23-34)31-11-3-1-4-12-31/h1-28H. The maximum Gasteiger partial charge on any atom is 0.164 e. The molecule has 10 rings (SSSR count). The van der Waals surface area contributed by atoms with E-state index in [0.29, 0.717) is 23.0 Å². The van der Waals surface area contributed by atoms with Crippen molar-refractivity contribution in [2.75, 3.05) is 0 Å². The SMILES string of the molecule is N#Cc1ccc2c(c1)C1(c3ccccc3O2)c2ccccc2-c2ccc(-c3nc(-c4ccccc4)nc(-c4ccc(-c5ccccc5)cc4)n3)cc21. The molecule has 1 aromatic heterocycles. The van der Waals surface area contributed by atoms with Crippen LogP contribution in [-0.2, 0) is 5.41 Å². The fourth-order valence-electron chi connectivity index (χ4n) is 7.90. The Morgan fingerprint density at radius 3 is 1.65 bits per heavy atom. The first-order valence-electron chi connectivity index (χ1n) is 17.2. The number of hydrogen-bond acceptors (Lipinski definition) is 5. The second-order valence-electron chi connectivity index (χ2n) is 13.1. The molecular weight excluding hydrogens is 637 g/mol. The van der Waals surface area contributed by atoms with Crippen LogP contribution in [0.15, 0.2) is 170 Å². The Bertz CT molecular complexity index is 2720. The van der Waals surface area contributed by atoms with E-state index in [1.165, 1.54) is 0 Å². The molecule has 7 aromatic carbocycles. The van der Waals surface area contributed by atoms with E-state index in [2.05, 4.69) is 97.1 Å². The molecule has 2 aliphatic rings. The van der Waals surface area contributed by atoms with Crippen LogP contribution in [0.5, 0.6) is 11.5 Å². The van der Waals surface area contributed by atoms with Crippen molar-refractivity contribution in [3.63, 3.8) is 0 Å². The van der Waals surface area contributed by atoms with Gasteiger partial charge in [0.05, 0.1) is 17.0 Å². The van der Waals surface area contributed by atoms with Gasteiger partial charge in [0.25, 0.3) is 0 Å². The number of nitriles is 1. The fraction of sp³-hybridized carbons (Fsp3) is 0.0213. The highest BCUT2D eigenvalue weighted by Crippen LogP contribution is 2.62. The predicted octanol–water partition coefficient (Wildman–Crippen LogP) is 10.9. The van der Waals surface area contributed by atoms with Crippen molar-refractivity contribution in [1.29, 1.82) is 5.26 Å². The number of hydrogen-bond donors (Lipinski definition) is 0. The summed E-state index contributed by atoms with van der Waals surface area (Å²) in [6, 6.07) is 60.2. The molecule has 0 fully saturated rings. The molecule has 0 radical (unpaired) electrons. The zero-order chi connectivity index (χ0) is 34.6. The van der Waals surface area contributed by atoms with Crippen LogP contribution in [0.25, 0.3) is 56.4 Å². The number of aromatic nitrogens is 3. The Kier molecular flexibility index (Phi) is 6.70. The van der Waals surface area contributed by atoms with Gasteiger partial charge in [-0.2, -0.15) is 5.26 Å².